The van der Waals surface area contributed by atoms with Crippen LogP contribution in [0.2, 0.25) is 5.02 Å². The summed E-state index contributed by atoms with van der Waals surface area (Å²) in [6.45, 7) is 3.12. The van der Waals surface area contributed by atoms with E-state index in [2.05, 4.69) is 5.32 Å². The van der Waals surface area contributed by atoms with Crippen LogP contribution < -0.4 is 9.62 Å². The first-order chi connectivity index (χ1) is 14.5. The first-order valence-corrected chi connectivity index (χ1v) is 11.8. The lowest BCUT2D eigenvalue weighted by molar-refractivity contribution is -0.139. The van der Waals surface area contributed by atoms with Crippen LogP contribution in [0.25, 0.3) is 0 Å². The third-order valence-electron chi connectivity index (χ3n) is 4.58. The van der Waals surface area contributed by atoms with Crippen molar-refractivity contribution in [2.24, 2.45) is 0 Å². The van der Waals surface area contributed by atoms with Crippen LogP contribution in [0.5, 0.6) is 0 Å². The summed E-state index contributed by atoms with van der Waals surface area (Å²) in [4.78, 5) is 26.9. The van der Waals surface area contributed by atoms with E-state index in [0.29, 0.717) is 12.1 Å². The summed E-state index contributed by atoms with van der Waals surface area (Å²) in [7, 11) is -3.85. The molecule has 1 atom stereocenters. The summed E-state index contributed by atoms with van der Waals surface area (Å²) in [5.74, 6) is -1.42. The van der Waals surface area contributed by atoms with Gasteiger partial charge in [0.1, 0.15) is 18.4 Å². The van der Waals surface area contributed by atoms with E-state index < -0.39 is 34.3 Å². The third-order valence-corrected chi connectivity index (χ3v) is 6.03. The van der Waals surface area contributed by atoms with Crippen LogP contribution in [0.1, 0.15) is 19.4 Å². The van der Waals surface area contributed by atoms with Crippen LogP contribution in [0.3, 0.4) is 0 Å². The maximum atomic E-state index is 13.3. The number of para-hydroxylation sites is 1. The number of halogens is 2. The van der Waals surface area contributed by atoms with Crippen molar-refractivity contribution in [1.82, 2.24) is 10.2 Å². The van der Waals surface area contributed by atoms with Crippen molar-refractivity contribution in [2.75, 3.05) is 23.7 Å². The van der Waals surface area contributed by atoms with Crippen LogP contribution >= 0.6 is 11.6 Å². The van der Waals surface area contributed by atoms with Crippen molar-refractivity contribution in [3.05, 3.63) is 64.9 Å². The number of benzene rings is 2. The Labute approximate surface area is 186 Å². The van der Waals surface area contributed by atoms with Gasteiger partial charge in [0.05, 0.1) is 17.0 Å². The molecule has 0 aliphatic carbocycles. The van der Waals surface area contributed by atoms with Gasteiger partial charge in [0.15, 0.2) is 0 Å². The molecule has 168 valence electrons. The number of amides is 2. The lowest BCUT2D eigenvalue weighted by Gasteiger charge is -2.31. The van der Waals surface area contributed by atoms with E-state index in [-0.39, 0.29) is 23.2 Å². The predicted octanol–water partition coefficient (Wildman–Crippen LogP) is 2.80. The van der Waals surface area contributed by atoms with Gasteiger partial charge in [-0.15, -0.1) is 0 Å². The van der Waals surface area contributed by atoms with Crippen molar-refractivity contribution >= 4 is 39.1 Å². The van der Waals surface area contributed by atoms with Gasteiger partial charge >= 0.3 is 0 Å². The second-order valence-corrected chi connectivity index (χ2v) is 9.25. The number of anilines is 1. The second kappa shape index (κ2) is 10.6. The number of nitrogens with one attached hydrogen (secondary N) is 1. The highest BCUT2D eigenvalue weighted by Gasteiger charge is 2.30. The first kappa shape index (κ1) is 24.6. The van der Waals surface area contributed by atoms with Gasteiger partial charge in [-0.3, -0.25) is 13.9 Å². The van der Waals surface area contributed by atoms with Crippen molar-refractivity contribution < 1.29 is 22.4 Å². The van der Waals surface area contributed by atoms with Crippen molar-refractivity contribution in [3.63, 3.8) is 0 Å². The summed E-state index contributed by atoms with van der Waals surface area (Å²) >= 11 is 6.16. The van der Waals surface area contributed by atoms with Crippen LogP contribution in [0.4, 0.5) is 10.1 Å². The Morgan fingerprint density at radius 2 is 1.74 bits per heavy atom. The molecule has 0 unspecified atom stereocenters. The fourth-order valence-electron chi connectivity index (χ4n) is 2.94. The van der Waals surface area contributed by atoms with Gasteiger partial charge in [-0.05, 0) is 43.7 Å². The number of hydrogen-bond donors (Lipinski definition) is 1. The Bertz CT molecular complexity index is 1030. The van der Waals surface area contributed by atoms with E-state index in [0.717, 1.165) is 10.6 Å². The van der Waals surface area contributed by atoms with E-state index in [1.807, 2.05) is 0 Å². The highest BCUT2D eigenvalue weighted by Crippen LogP contribution is 2.27. The predicted molar refractivity (Wildman–Crippen MR) is 119 cm³/mol. The minimum absolute atomic E-state index is 0.00244. The van der Waals surface area contributed by atoms with E-state index >= 15 is 0 Å². The van der Waals surface area contributed by atoms with Crippen LogP contribution in [-0.4, -0.2) is 50.5 Å². The molecule has 0 bridgehead atoms. The zero-order chi connectivity index (χ0) is 23.2. The van der Waals surface area contributed by atoms with Crippen molar-refractivity contribution in [2.45, 2.75) is 26.4 Å². The number of sulfonamides is 1. The molecule has 0 spiro atoms. The van der Waals surface area contributed by atoms with Crippen molar-refractivity contribution in [1.29, 1.82) is 0 Å². The Balaban J connectivity index is 2.38. The molecule has 0 saturated carbocycles. The monoisotopic (exact) mass is 469 g/mol. The molecule has 0 aromatic heterocycles. The summed E-state index contributed by atoms with van der Waals surface area (Å²) in [5.41, 5.74) is 0.752. The number of hydrogen-bond acceptors (Lipinski definition) is 4. The van der Waals surface area contributed by atoms with Gasteiger partial charge in [0.25, 0.3) is 0 Å². The highest BCUT2D eigenvalue weighted by molar-refractivity contribution is 7.92. The number of likely N-dealkylation sites (N-methyl/N-ethyl adjacent to an activating group) is 1. The number of carbonyl (C=O) groups is 2. The van der Waals surface area contributed by atoms with E-state index in [1.54, 1.807) is 26.0 Å². The Kier molecular flexibility index (Phi) is 8.41. The fraction of sp³-hybridized carbons (Fsp3) is 0.333. The van der Waals surface area contributed by atoms with Crippen LogP contribution in [0, 0.1) is 5.82 Å². The Morgan fingerprint density at radius 3 is 2.29 bits per heavy atom. The van der Waals surface area contributed by atoms with Crippen LogP contribution in [-0.2, 0) is 26.2 Å². The minimum atomic E-state index is -3.85. The van der Waals surface area contributed by atoms with Gasteiger partial charge in [-0.2, -0.15) is 0 Å². The molecule has 0 aliphatic heterocycles. The maximum absolute atomic E-state index is 13.3. The molecule has 31 heavy (non-hydrogen) atoms. The van der Waals surface area contributed by atoms with Gasteiger partial charge in [0, 0.05) is 13.1 Å². The average molecular weight is 470 g/mol. The van der Waals surface area contributed by atoms with E-state index in [4.69, 9.17) is 11.6 Å². The second-order valence-electron chi connectivity index (χ2n) is 6.94. The molecule has 10 heteroatoms. The molecule has 2 rings (SSSR count). The van der Waals surface area contributed by atoms with Gasteiger partial charge in [-0.1, -0.05) is 35.9 Å². The molecule has 0 aliphatic rings. The van der Waals surface area contributed by atoms with E-state index in [1.165, 1.54) is 41.3 Å². The van der Waals surface area contributed by atoms with Crippen LogP contribution in [0.15, 0.2) is 48.5 Å². The smallest absolute Gasteiger partial charge is 0.244 e. The molecular formula is C21H25ClFN3O4S. The highest BCUT2D eigenvalue weighted by atomic mass is 35.5. The van der Waals surface area contributed by atoms with E-state index in [9.17, 15) is 22.4 Å². The zero-order valence-corrected chi connectivity index (χ0v) is 19.1. The molecule has 1 N–H and O–H groups in total. The summed E-state index contributed by atoms with van der Waals surface area (Å²) in [6.07, 6.45) is 0.973. The molecular weight excluding hydrogens is 445 g/mol. The summed E-state index contributed by atoms with van der Waals surface area (Å²) in [5, 5.41) is 2.82. The Hall–Kier alpha value is -2.65. The molecule has 0 radical (unpaired) electrons. The lowest BCUT2D eigenvalue weighted by Crippen LogP contribution is -2.51. The normalized spacial score (nSPS) is 12.2. The number of rotatable bonds is 9. The number of carbonyl (C=O) groups excluding carboxylic acids is 2. The van der Waals surface area contributed by atoms with Crippen molar-refractivity contribution in [3.8, 4) is 0 Å². The first-order valence-electron chi connectivity index (χ1n) is 9.58. The quantitative estimate of drug-likeness (QED) is 0.611. The molecule has 0 fully saturated rings. The molecule has 7 nitrogen and oxygen atoms in total. The topological polar surface area (TPSA) is 86.8 Å². The number of nitrogens with zero attached hydrogens (tertiary/aromatic N) is 2. The zero-order valence-electron chi connectivity index (χ0n) is 17.5. The van der Waals surface area contributed by atoms with Gasteiger partial charge in [-0.25, -0.2) is 12.8 Å². The molecule has 0 saturated heterocycles. The lowest BCUT2D eigenvalue weighted by atomic mass is 10.1. The maximum Gasteiger partial charge on any atom is 0.244 e. The molecule has 2 aromatic carbocycles. The Morgan fingerprint density at radius 1 is 1.13 bits per heavy atom. The summed E-state index contributed by atoms with van der Waals surface area (Å²) < 4.78 is 39.0. The van der Waals surface area contributed by atoms with Gasteiger partial charge in [0.2, 0.25) is 21.8 Å². The third kappa shape index (κ3) is 6.67. The molecule has 2 amide bonds. The van der Waals surface area contributed by atoms with Gasteiger partial charge < -0.3 is 10.2 Å². The largest absolute Gasteiger partial charge is 0.355 e. The average Bonchev–Trinajstić information content (AvgIpc) is 2.71. The standard InChI is InChI=1S/C21H25ClFN3O4S/c1-4-24-21(28)15(2)25(13-16-9-11-17(23)12-10-16)20(27)14-26(31(3,29)30)19-8-6-5-7-18(19)22/h5-12,15H,4,13-14H2,1-3H3,(H,24,28)/t15-/m0/s1. The fourth-order valence-corrected chi connectivity index (χ4v) is 4.09. The summed E-state index contributed by atoms with van der Waals surface area (Å²) in [6, 6.07) is 10.9. The SMILES string of the molecule is CCNC(=O)[C@H](C)N(Cc1ccc(F)cc1)C(=O)CN(c1ccccc1Cl)S(C)(=O)=O. The minimum Gasteiger partial charge on any atom is -0.355 e. The molecule has 0 heterocycles. The molecule has 2 aromatic rings.